The highest BCUT2D eigenvalue weighted by Crippen LogP contribution is 2.24. The molecule has 23 heavy (non-hydrogen) atoms. The number of nitrogens with zero attached hydrogens (tertiary/aromatic N) is 5. The number of nitrogens with one attached hydrogen (secondary N) is 1. The Morgan fingerprint density at radius 2 is 2.17 bits per heavy atom. The molecule has 0 aromatic carbocycles. The maximum absolute atomic E-state index is 5.14. The maximum atomic E-state index is 5.14. The zero-order valence-corrected chi connectivity index (χ0v) is 14.0. The molecule has 0 saturated carbocycles. The van der Waals surface area contributed by atoms with Crippen molar-refractivity contribution in [3.8, 4) is 11.5 Å². The summed E-state index contributed by atoms with van der Waals surface area (Å²) in [6.07, 6.45) is 4.57. The molecule has 0 unspecified atom stereocenters. The minimum Gasteiger partial charge on any atom is -0.383 e. The lowest BCUT2D eigenvalue weighted by Crippen LogP contribution is -2.15. The van der Waals surface area contributed by atoms with Crippen LogP contribution in [0.2, 0.25) is 0 Å². The van der Waals surface area contributed by atoms with Crippen LogP contribution in [0, 0.1) is 6.92 Å². The average molecular weight is 314 g/mol. The van der Waals surface area contributed by atoms with E-state index in [9.17, 15) is 0 Å². The number of imidazole rings is 1. The van der Waals surface area contributed by atoms with E-state index in [2.05, 4.69) is 22.2 Å². The van der Waals surface area contributed by atoms with Crippen LogP contribution in [-0.2, 0) is 18.2 Å². The Morgan fingerprint density at radius 1 is 1.35 bits per heavy atom. The zero-order valence-electron chi connectivity index (χ0n) is 14.0. The molecule has 0 aliphatic rings. The Hall–Kier alpha value is -2.41. The van der Waals surface area contributed by atoms with Gasteiger partial charge in [-0.05, 0) is 13.3 Å². The van der Waals surface area contributed by atoms with Gasteiger partial charge < -0.3 is 14.6 Å². The minimum atomic E-state index is 0.638. The molecule has 0 atom stereocenters. The molecular weight excluding hydrogens is 292 g/mol. The Balaban J connectivity index is 2.13. The highest BCUT2D eigenvalue weighted by molar-refractivity contribution is 5.63. The van der Waals surface area contributed by atoms with Gasteiger partial charge in [0.2, 0.25) is 0 Å². The molecule has 0 radical (unpaired) electrons. The molecule has 0 bridgehead atoms. The summed E-state index contributed by atoms with van der Waals surface area (Å²) in [7, 11) is 3.66. The summed E-state index contributed by atoms with van der Waals surface area (Å²) in [4.78, 5) is 9.06. The van der Waals surface area contributed by atoms with Crippen molar-refractivity contribution in [2.75, 3.05) is 25.6 Å². The maximum Gasteiger partial charge on any atom is 0.160 e. The van der Waals surface area contributed by atoms with Crippen LogP contribution in [0.15, 0.2) is 18.5 Å². The van der Waals surface area contributed by atoms with Gasteiger partial charge in [0.05, 0.1) is 6.61 Å². The van der Waals surface area contributed by atoms with Crippen molar-refractivity contribution in [3.05, 3.63) is 29.7 Å². The number of hydrogen-bond acceptors (Lipinski definition) is 5. The predicted octanol–water partition coefficient (Wildman–Crippen LogP) is 2.06. The van der Waals surface area contributed by atoms with Gasteiger partial charge in [0.25, 0.3) is 0 Å². The van der Waals surface area contributed by atoms with E-state index < -0.39 is 0 Å². The highest BCUT2D eigenvalue weighted by atomic mass is 16.5. The molecule has 1 N–H and O–H groups in total. The fraction of sp³-hybridized carbons (Fsp3) is 0.438. The van der Waals surface area contributed by atoms with Crippen molar-refractivity contribution in [3.63, 3.8) is 0 Å². The molecule has 0 aliphatic heterocycles. The molecule has 7 heteroatoms. The molecule has 3 rings (SSSR count). The van der Waals surface area contributed by atoms with Gasteiger partial charge in [-0.15, -0.1) is 0 Å². The summed E-state index contributed by atoms with van der Waals surface area (Å²) in [5.41, 5.74) is 3.82. The largest absolute Gasteiger partial charge is 0.383 e. The van der Waals surface area contributed by atoms with E-state index in [-0.39, 0.29) is 0 Å². The first-order valence-electron chi connectivity index (χ1n) is 7.75. The number of rotatable bonds is 6. The molecule has 3 aromatic heterocycles. The van der Waals surface area contributed by atoms with Crippen LogP contribution in [0.1, 0.15) is 18.2 Å². The average Bonchev–Trinajstić information content (AvgIpc) is 3.13. The van der Waals surface area contributed by atoms with Crippen molar-refractivity contribution in [2.45, 2.75) is 20.3 Å². The topological polar surface area (TPSA) is 69.3 Å². The second-order valence-corrected chi connectivity index (χ2v) is 5.46. The number of ether oxygens (including phenoxy) is 1. The van der Waals surface area contributed by atoms with Gasteiger partial charge in [0.1, 0.15) is 11.5 Å². The summed E-state index contributed by atoms with van der Waals surface area (Å²) >= 11 is 0. The number of aromatic nitrogens is 5. The van der Waals surface area contributed by atoms with Crippen LogP contribution in [0.3, 0.4) is 0 Å². The highest BCUT2D eigenvalue weighted by Gasteiger charge is 2.16. The summed E-state index contributed by atoms with van der Waals surface area (Å²) in [5, 5.41) is 8.14. The summed E-state index contributed by atoms with van der Waals surface area (Å²) in [6.45, 7) is 5.52. The number of aryl methyl sites for hydroxylation is 2. The second kappa shape index (κ2) is 6.37. The van der Waals surface area contributed by atoms with Crippen LogP contribution in [0.25, 0.3) is 17.2 Å². The number of anilines is 1. The fourth-order valence-corrected chi connectivity index (χ4v) is 2.75. The monoisotopic (exact) mass is 314 g/mol. The summed E-state index contributed by atoms with van der Waals surface area (Å²) < 4.78 is 8.96. The quantitative estimate of drug-likeness (QED) is 0.705. The van der Waals surface area contributed by atoms with E-state index in [4.69, 9.17) is 9.84 Å². The molecule has 3 aromatic rings. The van der Waals surface area contributed by atoms with E-state index in [1.54, 1.807) is 13.3 Å². The molecule has 0 spiro atoms. The van der Waals surface area contributed by atoms with E-state index in [1.807, 2.05) is 35.3 Å². The predicted molar refractivity (Wildman–Crippen MR) is 89.7 cm³/mol. The SMILES string of the molecule is CCc1c(C)nc2cc(-c3nccn3C)nn2c1NCCOC. The molecule has 0 saturated heterocycles. The van der Waals surface area contributed by atoms with Crippen LogP contribution < -0.4 is 5.32 Å². The van der Waals surface area contributed by atoms with Crippen LogP contribution >= 0.6 is 0 Å². The van der Waals surface area contributed by atoms with Crippen molar-refractivity contribution < 1.29 is 4.74 Å². The third-order valence-corrected chi connectivity index (χ3v) is 3.91. The van der Waals surface area contributed by atoms with E-state index in [0.717, 1.165) is 41.6 Å². The van der Waals surface area contributed by atoms with Crippen molar-refractivity contribution >= 4 is 11.5 Å². The van der Waals surface area contributed by atoms with Crippen LogP contribution in [0.4, 0.5) is 5.82 Å². The van der Waals surface area contributed by atoms with E-state index >= 15 is 0 Å². The third-order valence-electron chi connectivity index (χ3n) is 3.91. The Bertz CT molecular complexity index is 819. The zero-order chi connectivity index (χ0) is 16.4. The van der Waals surface area contributed by atoms with Gasteiger partial charge in [0.15, 0.2) is 11.5 Å². The van der Waals surface area contributed by atoms with Gasteiger partial charge in [-0.1, -0.05) is 6.92 Å². The molecule has 0 amide bonds. The van der Waals surface area contributed by atoms with Gasteiger partial charge >= 0.3 is 0 Å². The van der Waals surface area contributed by atoms with Crippen molar-refractivity contribution in [2.24, 2.45) is 7.05 Å². The van der Waals surface area contributed by atoms with E-state index in [1.165, 1.54) is 5.56 Å². The van der Waals surface area contributed by atoms with Gasteiger partial charge in [-0.3, -0.25) is 0 Å². The minimum absolute atomic E-state index is 0.638. The normalized spacial score (nSPS) is 11.3. The first kappa shape index (κ1) is 15.5. The van der Waals surface area contributed by atoms with E-state index in [0.29, 0.717) is 6.61 Å². The Labute approximate surface area is 135 Å². The fourth-order valence-electron chi connectivity index (χ4n) is 2.75. The smallest absolute Gasteiger partial charge is 0.160 e. The molecule has 0 fully saturated rings. The lowest BCUT2D eigenvalue weighted by molar-refractivity contribution is 0.210. The molecule has 0 aliphatic carbocycles. The second-order valence-electron chi connectivity index (χ2n) is 5.46. The van der Waals surface area contributed by atoms with Gasteiger partial charge in [-0.25, -0.2) is 9.97 Å². The van der Waals surface area contributed by atoms with Crippen LogP contribution in [0.5, 0.6) is 0 Å². The molecule has 3 heterocycles. The Morgan fingerprint density at radius 3 is 2.83 bits per heavy atom. The Kier molecular flexibility index (Phi) is 4.29. The molecule has 7 nitrogen and oxygen atoms in total. The van der Waals surface area contributed by atoms with Gasteiger partial charge in [0, 0.05) is 50.4 Å². The van der Waals surface area contributed by atoms with Gasteiger partial charge in [-0.2, -0.15) is 9.61 Å². The lowest BCUT2D eigenvalue weighted by atomic mass is 10.1. The third kappa shape index (κ3) is 2.79. The molecular formula is C16H22N6O. The lowest BCUT2D eigenvalue weighted by Gasteiger charge is -2.14. The number of hydrogen-bond donors (Lipinski definition) is 1. The summed E-state index contributed by atoms with van der Waals surface area (Å²) in [5.74, 6) is 1.81. The number of methoxy groups -OCH3 is 1. The van der Waals surface area contributed by atoms with Crippen LogP contribution in [-0.4, -0.2) is 44.4 Å². The molecule has 122 valence electrons. The van der Waals surface area contributed by atoms with Crippen molar-refractivity contribution in [1.29, 1.82) is 0 Å². The number of fused-ring (bicyclic) bond motifs is 1. The van der Waals surface area contributed by atoms with Crippen molar-refractivity contribution in [1.82, 2.24) is 24.1 Å². The first-order valence-corrected chi connectivity index (χ1v) is 7.75. The first-order chi connectivity index (χ1) is 11.2. The standard InChI is InChI=1S/C16H22N6O/c1-5-12-11(2)19-14-10-13(16-17-6-8-21(16)3)20-22(14)15(12)18-7-9-23-4/h6,8,10,18H,5,7,9H2,1-4H3. The summed E-state index contributed by atoms with van der Waals surface area (Å²) in [6, 6.07) is 1.97.